The van der Waals surface area contributed by atoms with Gasteiger partial charge < -0.3 is 4.90 Å². The van der Waals surface area contributed by atoms with Crippen LogP contribution in [0.2, 0.25) is 0 Å². The Morgan fingerprint density at radius 1 is 1.30 bits per heavy atom. The summed E-state index contributed by atoms with van der Waals surface area (Å²) in [7, 11) is 1.82. The monoisotopic (exact) mass is 333 g/mol. The van der Waals surface area contributed by atoms with Crippen molar-refractivity contribution >= 4 is 17.7 Å². The van der Waals surface area contributed by atoms with Gasteiger partial charge in [-0.3, -0.25) is 4.79 Å². The number of benzene rings is 1. The Balaban J connectivity index is 2.01. The average molecular weight is 333 g/mol. The predicted octanol–water partition coefficient (Wildman–Crippen LogP) is 2.57. The smallest absolute Gasteiger partial charge is 0.235 e. The summed E-state index contributed by atoms with van der Waals surface area (Å²) in [4.78, 5) is 14.3. The van der Waals surface area contributed by atoms with Crippen molar-refractivity contribution in [2.45, 2.75) is 50.2 Å². The third-order valence-corrected chi connectivity index (χ3v) is 4.37. The Morgan fingerprint density at radius 3 is 2.57 bits per heavy atom. The molecule has 1 heterocycles. The highest BCUT2D eigenvalue weighted by Crippen LogP contribution is 2.26. The first-order valence-electron chi connectivity index (χ1n) is 7.53. The number of hydrogen-bond donors (Lipinski definition) is 0. The summed E-state index contributed by atoms with van der Waals surface area (Å²) >= 11 is 1.39. The molecule has 0 fully saturated rings. The predicted molar refractivity (Wildman–Crippen MR) is 91.0 cm³/mol. The van der Waals surface area contributed by atoms with Gasteiger partial charge in [0.25, 0.3) is 0 Å². The van der Waals surface area contributed by atoms with Crippen LogP contribution < -0.4 is 0 Å². The van der Waals surface area contributed by atoms with Gasteiger partial charge >= 0.3 is 0 Å². The van der Waals surface area contributed by atoms with Crippen molar-refractivity contribution in [3.05, 3.63) is 35.9 Å². The highest BCUT2D eigenvalue weighted by atomic mass is 32.2. The van der Waals surface area contributed by atoms with Crippen molar-refractivity contribution in [1.29, 1.82) is 0 Å². The van der Waals surface area contributed by atoms with Gasteiger partial charge in [0.15, 0.2) is 0 Å². The molecule has 0 bridgehead atoms. The summed E-state index contributed by atoms with van der Waals surface area (Å²) in [5.74, 6) is 0.0577. The number of nitrogens with zero attached hydrogens (tertiary/aromatic N) is 5. The van der Waals surface area contributed by atoms with Gasteiger partial charge in [-0.1, -0.05) is 42.1 Å². The molecule has 0 aliphatic rings. The highest BCUT2D eigenvalue weighted by Gasteiger charge is 2.25. The van der Waals surface area contributed by atoms with Crippen molar-refractivity contribution < 1.29 is 4.79 Å². The first kappa shape index (κ1) is 17.5. The number of aromatic nitrogens is 4. The van der Waals surface area contributed by atoms with Crippen LogP contribution in [-0.2, 0) is 16.9 Å². The molecule has 1 unspecified atom stereocenters. The van der Waals surface area contributed by atoms with Crippen LogP contribution in [0.4, 0.5) is 0 Å². The minimum Gasteiger partial charge on any atom is -0.340 e. The molecular weight excluding hydrogens is 310 g/mol. The van der Waals surface area contributed by atoms with E-state index in [1.807, 2.05) is 65.1 Å². The molecule has 124 valence electrons. The number of thioether (sulfide) groups is 1. The Bertz CT molecular complexity index is 650. The van der Waals surface area contributed by atoms with Gasteiger partial charge in [-0.15, -0.1) is 5.10 Å². The van der Waals surface area contributed by atoms with Crippen LogP contribution in [0.3, 0.4) is 0 Å². The normalized spacial score (nSPS) is 12.9. The zero-order valence-electron chi connectivity index (χ0n) is 14.2. The van der Waals surface area contributed by atoms with E-state index in [1.165, 1.54) is 11.8 Å². The average Bonchev–Trinajstić information content (AvgIpc) is 2.95. The molecule has 1 aromatic carbocycles. The molecule has 0 saturated carbocycles. The topological polar surface area (TPSA) is 63.9 Å². The lowest BCUT2D eigenvalue weighted by molar-refractivity contribution is -0.129. The standard InChI is InChI=1S/C16H23N5OS/c1-12(23-15-17-18-19-21(15)16(2,3)4)14(22)20(5)11-13-9-7-6-8-10-13/h6-10,12H,11H2,1-5H3. The molecule has 0 radical (unpaired) electrons. The second-order valence-corrected chi connectivity index (χ2v) is 7.79. The number of rotatable bonds is 5. The van der Waals surface area contributed by atoms with Crippen LogP contribution in [0, 0.1) is 0 Å². The number of amides is 1. The molecule has 1 atom stereocenters. The fraction of sp³-hybridized carbons (Fsp3) is 0.500. The summed E-state index contributed by atoms with van der Waals surface area (Å²) in [6, 6.07) is 9.95. The molecule has 23 heavy (non-hydrogen) atoms. The molecule has 6 nitrogen and oxygen atoms in total. The van der Waals surface area contributed by atoms with Gasteiger partial charge in [0.2, 0.25) is 11.1 Å². The fourth-order valence-electron chi connectivity index (χ4n) is 2.13. The van der Waals surface area contributed by atoms with Crippen molar-refractivity contribution in [3.63, 3.8) is 0 Å². The van der Waals surface area contributed by atoms with Crippen LogP contribution in [0.25, 0.3) is 0 Å². The molecule has 0 aliphatic heterocycles. The van der Waals surface area contributed by atoms with Gasteiger partial charge in [-0.05, 0) is 43.7 Å². The van der Waals surface area contributed by atoms with E-state index in [9.17, 15) is 4.79 Å². The summed E-state index contributed by atoms with van der Waals surface area (Å²) in [6.45, 7) is 8.56. The number of carbonyl (C=O) groups is 1. The SMILES string of the molecule is CC(Sc1nnnn1C(C)(C)C)C(=O)N(C)Cc1ccccc1. The lowest BCUT2D eigenvalue weighted by Crippen LogP contribution is -2.33. The van der Waals surface area contributed by atoms with E-state index in [1.54, 1.807) is 9.58 Å². The van der Waals surface area contributed by atoms with E-state index in [2.05, 4.69) is 15.5 Å². The summed E-state index contributed by atoms with van der Waals surface area (Å²) < 4.78 is 1.75. The van der Waals surface area contributed by atoms with E-state index in [0.29, 0.717) is 11.7 Å². The van der Waals surface area contributed by atoms with Crippen molar-refractivity contribution in [2.24, 2.45) is 0 Å². The lowest BCUT2D eigenvalue weighted by Gasteiger charge is -2.23. The van der Waals surface area contributed by atoms with Gasteiger partial charge in [0.05, 0.1) is 10.8 Å². The number of carbonyl (C=O) groups excluding carboxylic acids is 1. The van der Waals surface area contributed by atoms with Crippen LogP contribution in [0.15, 0.2) is 35.5 Å². The van der Waals surface area contributed by atoms with Crippen LogP contribution in [0.5, 0.6) is 0 Å². The van der Waals surface area contributed by atoms with Gasteiger partial charge in [-0.25, -0.2) is 4.68 Å². The van der Waals surface area contributed by atoms with E-state index in [0.717, 1.165) is 5.56 Å². The molecule has 0 spiro atoms. The second kappa shape index (κ2) is 7.12. The molecule has 0 aliphatic carbocycles. The molecule has 2 rings (SSSR count). The van der Waals surface area contributed by atoms with Crippen molar-refractivity contribution in [3.8, 4) is 0 Å². The Kier molecular flexibility index (Phi) is 5.41. The third-order valence-electron chi connectivity index (χ3n) is 3.35. The maximum atomic E-state index is 12.6. The third kappa shape index (κ3) is 4.54. The Hall–Kier alpha value is -1.89. The first-order chi connectivity index (χ1) is 10.8. The van der Waals surface area contributed by atoms with E-state index >= 15 is 0 Å². The van der Waals surface area contributed by atoms with Gasteiger partial charge in [0, 0.05) is 13.6 Å². The van der Waals surface area contributed by atoms with Crippen molar-refractivity contribution in [1.82, 2.24) is 25.1 Å². The molecule has 2 aromatic rings. The molecule has 1 aromatic heterocycles. The van der Waals surface area contributed by atoms with Crippen molar-refractivity contribution in [2.75, 3.05) is 7.05 Å². The largest absolute Gasteiger partial charge is 0.340 e. The Labute approximate surface area is 141 Å². The maximum Gasteiger partial charge on any atom is 0.235 e. The number of hydrogen-bond acceptors (Lipinski definition) is 5. The van der Waals surface area contributed by atoms with Gasteiger partial charge in [-0.2, -0.15) is 0 Å². The van der Waals surface area contributed by atoms with Crippen LogP contribution >= 0.6 is 11.8 Å². The highest BCUT2D eigenvalue weighted by molar-refractivity contribution is 8.00. The zero-order valence-corrected chi connectivity index (χ0v) is 15.0. The summed E-state index contributed by atoms with van der Waals surface area (Å²) in [5, 5.41) is 12.2. The fourth-order valence-corrected chi connectivity index (χ4v) is 3.22. The van der Waals surface area contributed by atoms with E-state index in [4.69, 9.17) is 0 Å². The van der Waals surface area contributed by atoms with Crippen LogP contribution in [-0.4, -0.2) is 43.3 Å². The van der Waals surface area contributed by atoms with E-state index < -0.39 is 0 Å². The maximum absolute atomic E-state index is 12.6. The molecule has 0 N–H and O–H groups in total. The number of tetrazole rings is 1. The molecule has 0 saturated heterocycles. The molecule has 7 heteroatoms. The lowest BCUT2D eigenvalue weighted by atomic mass is 10.1. The first-order valence-corrected chi connectivity index (χ1v) is 8.41. The zero-order chi connectivity index (χ0) is 17.0. The minimum atomic E-state index is -0.254. The van der Waals surface area contributed by atoms with E-state index in [-0.39, 0.29) is 16.7 Å². The van der Waals surface area contributed by atoms with Crippen LogP contribution in [0.1, 0.15) is 33.3 Å². The second-order valence-electron chi connectivity index (χ2n) is 6.48. The quantitative estimate of drug-likeness (QED) is 0.787. The van der Waals surface area contributed by atoms with Gasteiger partial charge in [0.1, 0.15) is 0 Å². The molecule has 1 amide bonds. The molecular formula is C16H23N5OS. The Morgan fingerprint density at radius 2 is 1.96 bits per heavy atom. The summed E-state index contributed by atoms with van der Waals surface area (Å²) in [5.41, 5.74) is 0.893. The summed E-state index contributed by atoms with van der Waals surface area (Å²) in [6.07, 6.45) is 0. The minimum absolute atomic E-state index is 0.0577.